The van der Waals surface area contributed by atoms with Gasteiger partial charge in [0.15, 0.2) is 11.6 Å². The Kier molecular flexibility index (Phi) is 2.71. The zero-order chi connectivity index (χ0) is 12.4. The molecule has 84 valence electrons. The number of halogens is 2. The highest BCUT2D eigenvalue weighted by atomic mass is 19.2. The Morgan fingerprint density at radius 3 is 2.76 bits per heavy atom. The van der Waals surface area contributed by atoms with Gasteiger partial charge in [0.2, 0.25) is 0 Å². The first-order chi connectivity index (χ1) is 8.13. The number of pyridine rings is 1. The number of hydrogen-bond acceptors (Lipinski definition) is 3. The lowest BCUT2D eigenvalue weighted by Crippen LogP contribution is -1.96. The first-order valence-electron chi connectivity index (χ1n) is 4.73. The minimum atomic E-state index is -1.03. The van der Waals surface area contributed by atoms with Crippen molar-refractivity contribution in [3.63, 3.8) is 0 Å². The molecule has 17 heavy (non-hydrogen) atoms. The Morgan fingerprint density at radius 2 is 2.06 bits per heavy atom. The quantitative estimate of drug-likeness (QED) is 0.820. The van der Waals surface area contributed by atoms with Crippen molar-refractivity contribution in [1.82, 2.24) is 4.98 Å². The molecule has 0 saturated carbocycles. The summed E-state index contributed by atoms with van der Waals surface area (Å²) in [6.07, 6.45) is 1.29. The molecular formula is C12H7F2N3. The van der Waals surface area contributed by atoms with Crippen molar-refractivity contribution in [2.75, 3.05) is 5.73 Å². The van der Waals surface area contributed by atoms with Gasteiger partial charge < -0.3 is 5.73 Å². The van der Waals surface area contributed by atoms with Crippen LogP contribution in [0.1, 0.15) is 5.56 Å². The fraction of sp³-hybridized carbons (Fsp3) is 0. The lowest BCUT2D eigenvalue weighted by molar-refractivity contribution is 0.511. The number of hydrogen-bond donors (Lipinski definition) is 1. The van der Waals surface area contributed by atoms with Crippen molar-refractivity contribution < 1.29 is 8.78 Å². The van der Waals surface area contributed by atoms with E-state index < -0.39 is 11.6 Å². The molecule has 0 atom stereocenters. The van der Waals surface area contributed by atoms with Gasteiger partial charge in [0.1, 0.15) is 6.07 Å². The molecule has 0 aliphatic carbocycles. The molecule has 5 heteroatoms. The maximum atomic E-state index is 13.5. The second-order valence-electron chi connectivity index (χ2n) is 3.38. The van der Waals surface area contributed by atoms with Crippen molar-refractivity contribution in [3.05, 3.63) is 47.7 Å². The minimum Gasteiger partial charge on any atom is -0.397 e. The lowest BCUT2D eigenvalue weighted by atomic mass is 10.1. The van der Waals surface area contributed by atoms with Crippen LogP contribution < -0.4 is 5.73 Å². The number of rotatable bonds is 1. The number of nitrogens with zero attached hydrogens (tertiary/aromatic N) is 2. The fourth-order valence-corrected chi connectivity index (χ4v) is 1.47. The largest absolute Gasteiger partial charge is 0.397 e. The number of benzene rings is 1. The summed E-state index contributed by atoms with van der Waals surface area (Å²) in [6.45, 7) is 0. The summed E-state index contributed by atoms with van der Waals surface area (Å²) in [5.41, 5.74) is 5.90. The van der Waals surface area contributed by atoms with Gasteiger partial charge in [-0.2, -0.15) is 5.26 Å². The number of nitrogens with two attached hydrogens (primary N) is 1. The predicted molar refractivity (Wildman–Crippen MR) is 58.7 cm³/mol. The van der Waals surface area contributed by atoms with Gasteiger partial charge in [-0.3, -0.25) is 4.98 Å². The molecule has 2 N–H and O–H groups in total. The smallest absolute Gasteiger partial charge is 0.168 e. The third-order valence-corrected chi connectivity index (χ3v) is 2.24. The maximum absolute atomic E-state index is 13.5. The molecule has 1 aromatic heterocycles. The van der Waals surface area contributed by atoms with Crippen LogP contribution in [-0.2, 0) is 0 Å². The van der Waals surface area contributed by atoms with E-state index in [0.717, 1.165) is 6.07 Å². The number of aromatic nitrogens is 1. The van der Waals surface area contributed by atoms with Crippen LogP contribution in [0, 0.1) is 23.0 Å². The molecular weight excluding hydrogens is 224 g/mol. The van der Waals surface area contributed by atoms with Gasteiger partial charge in [-0.1, -0.05) is 6.07 Å². The highest BCUT2D eigenvalue weighted by Crippen LogP contribution is 2.26. The van der Waals surface area contributed by atoms with Crippen molar-refractivity contribution in [2.24, 2.45) is 0 Å². The highest BCUT2D eigenvalue weighted by Gasteiger charge is 2.14. The molecule has 1 aromatic carbocycles. The molecule has 0 aliphatic rings. The maximum Gasteiger partial charge on any atom is 0.168 e. The van der Waals surface area contributed by atoms with Crippen molar-refractivity contribution >= 4 is 5.69 Å². The van der Waals surface area contributed by atoms with Gasteiger partial charge in [-0.25, -0.2) is 8.78 Å². The molecule has 2 rings (SSSR count). The summed E-state index contributed by atoms with van der Waals surface area (Å²) >= 11 is 0. The Labute approximate surface area is 96.1 Å². The summed E-state index contributed by atoms with van der Waals surface area (Å²) in [6, 6.07) is 6.93. The standard InChI is InChI=1S/C12H7F2N3/c13-10-3-1-2-9(11(10)14)12-7(5-15)4-8(16)6-17-12/h1-4,6H,16H2. The molecule has 0 amide bonds. The fourth-order valence-electron chi connectivity index (χ4n) is 1.47. The van der Waals surface area contributed by atoms with E-state index in [1.807, 2.05) is 6.07 Å². The van der Waals surface area contributed by atoms with Crippen LogP contribution in [0.2, 0.25) is 0 Å². The van der Waals surface area contributed by atoms with Crippen LogP contribution in [0.3, 0.4) is 0 Å². The van der Waals surface area contributed by atoms with E-state index >= 15 is 0 Å². The van der Waals surface area contributed by atoms with E-state index in [0.29, 0.717) is 5.69 Å². The summed E-state index contributed by atoms with van der Waals surface area (Å²) in [7, 11) is 0. The second-order valence-corrected chi connectivity index (χ2v) is 3.38. The zero-order valence-electron chi connectivity index (χ0n) is 8.61. The Balaban J connectivity index is 2.69. The first-order valence-corrected chi connectivity index (χ1v) is 4.73. The predicted octanol–water partition coefficient (Wildman–Crippen LogP) is 2.48. The minimum absolute atomic E-state index is 0.0541. The summed E-state index contributed by atoms with van der Waals surface area (Å²) in [5, 5.41) is 8.90. The average Bonchev–Trinajstić information content (AvgIpc) is 2.33. The molecule has 2 aromatic rings. The third kappa shape index (κ3) is 1.93. The second kappa shape index (κ2) is 4.18. The van der Waals surface area contributed by atoms with Gasteiger partial charge in [0.05, 0.1) is 23.1 Å². The van der Waals surface area contributed by atoms with Crippen molar-refractivity contribution in [3.8, 4) is 17.3 Å². The molecule has 0 bridgehead atoms. The van der Waals surface area contributed by atoms with Gasteiger partial charge in [0.25, 0.3) is 0 Å². The zero-order valence-corrected chi connectivity index (χ0v) is 8.61. The lowest BCUT2D eigenvalue weighted by Gasteiger charge is -2.05. The molecule has 0 saturated heterocycles. The molecule has 0 fully saturated rings. The Morgan fingerprint density at radius 1 is 1.29 bits per heavy atom. The van der Waals surface area contributed by atoms with Gasteiger partial charge >= 0.3 is 0 Å². The van der Waals surface area contributed by atoms with E-state index in [-0.39, 0.29) is 16.8 Å². The van der Waals surface area contributed by atoms with Crippen molar-refractivity contribution in [2.45, 2.75) is 0 Å². The van der Waals surface area contributed by atoms with Crippen LogP contribution in [0.5, 0.6) is 0 Å². The SMILES string of the molecule is N#Cc1cc(N)cnc1-c1cccc(F)c1F. The number of anilines is 1. The van der Waals surface area contributed by atoms with Gasteiger partial charge in [-0.05, 0) is 18.2 Å². The Bertz CT molecular complexity index is 618. The topological polar surface area (TPSA) is 62.7 Å². The molecule has 1 heterocycles. The van der Waals surface area contributed by atoms with Crippen LogP contribution in [0.4, 0.5) is 14.5 Å². The van der Waals surface area contributed by atoms with E-state index in [4.69, 9.17) is 11.0 Å². The monoisotopic (exact) mass is 231 g/mol. The third-order valence-electron chi connectivity index (χ3n) is 2.24. The number of nitriles is 1. The van der Waals surface area contributed by atoms with Crippen LogP contribution >= 0.6 is 0 Å². The summed E-state index contributed by atoms with van der Waals surface area (Å²) in [4.78, 5) is 3.87. The van der Waals surface area contributed by atoms with E-state index in [9.17, 15) is 8.78 Å². The van der Waals surface area contributed by atoms with Gasteiger partial charge in [0, 0.05) is 5.56 Å². The first kappa shape index (κ1) is 11.0. The van der Waals surface area contributed by atoms with Gasteiger partial charge in [-0.15, -0.1) is 0 Å². The van der Waals surface area contributed by atoms with E-state index in [2.05, 4.69) is 4.98 Å². The van der Waals surface area contributed by atoms with Crippen LogP contribution in [0.15, 0.2) is 30.5 Å². The van der Waals surface area contributed by atoms with E-state index in [1.165, 1.54) is 24.4 Å². The molecule has 0 spiro atoms. The molecule has 0 unspecified atom stereocenters. The number of nitrogen functional groups attached to an aromatic ring is 1. The van der Waals surface area contributed by atoms with Crippen molar-refractivity contribution in [1.29, 1.82) is 5.26 Å². The average molecular weight is 231 g/mol. The highest BCUT2D eigenvalue weighted by molar-refractivity contribution is 5.69. The molecule has 0 aliphatic heterocycles. The summed E-state index contributed by atoms with van der Waals surface area (Å²) < 4.78 is 26.6. The van der Waals surface area contributed by atoms with Crippen LogP contribution in [0.25, 0.3) is 11.3 Å². The van der Waals surface area contributed by atoms with Crippen LogP contribution in [-0.4, -0.2) is 4.98 Å². The molecule has 3 nitrogen and oxygen atoms in total. The summed E-state index contributed by atoms with van der Waals surface area (Å²) in [5.74, 6) is -2.01. The Hall–Kier alpha value is -2.48. The molecule has 0 radical (unpaired) electrons. The normalized spacial score (nSPS) is 9.94. The van der Waals surface area contributed by atoms with E-state index in [1.54, 1.807) is 0 Å².